The summed E-state index contributed by atoms with van der Waals surface area (Å²) in [5, 5.41) is 0. The monoisotopic (exact) mass is 343 g/mol. The largest absolute Gasteiger partial charge is 0.381 e. The van der Waals surface area contributed by atoms with Crippen LogP contribution in [0.15, 0.2) is 24.5 Å². The summed E-state index contributed by atoms with van der Waals surface area (Å²) >= 11 is 0. The highest BCUT2D eigenvalue weighted by Gasteiger charge is 2.54. The Morgan fingerprint density at radius 1 is 1.36 bits per heavy atom. The van der Waals surface area contributed by atoms with Crippen molar-refractivity contribution in [3.63, 3.8) is 0 Å². The van der Waals surface area contributed by atoms with Crippen molar-refractivity contribution in [1.29, 1.82) is 0 Å². The number of rotatable bonds is 4. The van der Waals surface area contributed by atoms with Gasteiger partial charge in [0.2, 0.25) is 5.91 Å². The van der Waals surface area contributed by atoms with Crippen molar-refractivity contribution in [3.05, 3.63) is 30.1 Å². The van der Waals surface area contributed by atoms with Gasteiger partial charge in [0.1, 0.15) is 0 Å². The highest BCUT2D eigenvalue weighted by molar-refractivity contribution is 5.86. The van der Waals surface area contributed by atoms with Crippen molar-refractivity contribution in [3.8, 4) is 0 Å². The lowest BCUT2D eigenvalue weighted by molar-refractivity contribution is -0.137. The number of hydrogen-bond donors (Lipinski definition) is 0. The van der Waals surface area contributed by atoms with Crippen LogP contribution in [-0.2, 0) is 16.1 Å². The lowest BCUT2D eigenvalue weighted by Crippen LogP contribution is -2.40. The van der Waals surface area contributed by atoms with Gasteiger partial charge < -0.3 is 14.5 Å². The maximum absolute atomic E-state index is 13.2. The van der Waals surface area contributed by atoms with Crippen molar-refractivity contribution in [2.24, 2.45) is 17.3 Å². The summed E-state index contributed by atoms with van der Waals surface area (Å²) in [5.41, 5.74) is 0.963. The van der Waals surface area contributed by atoms with Crippen molar-refractivity contribution < 1.29 is 9.53 Å². The molecule has 3 fully saturated rings. The summed E-state index contributed by atoms with van der Waals surface area (Å²) in [5.74, 6) is 1.54. The second-order valence-electron chi connectivity index (χ2n) is 8.14. The van der Waals surface area contributed by atoms with Gasteiger partial charge in [0.25, 0.3) is 0 Å². The molecule has 1 spiro atoms. The van der Waals surface area contributed by atoms with Crippen LogP contribution in [0.5, 0.6) is 0 Å². The van der Waals surface area contributed by atoms with Crippen LogP contribution in [0.4, 0.5) is 0 Å². The average Bonchev–Trinajstić information content (AvgIpc) is 3.11. The molecule has 4 rings (SSSR count). The van der Waals surface area contributed by atoms with E-state index in [2.05, 4.69) is 22.9 Å². The van der Waals surface area contributed by atoms with E-state index >= 15 is 0 Å². The number of pyridine rings is 1. The lowest BCUT2D eigenvalue weighted by atomic mass is 9.78. The molecule has 5 heteroatoms. The van der Waals surface area contributed by atoms with E-state index in [0.717, 1.165) is 57.3 Å². The van der Waals surface area contributed by atoms with Crippen LogP contribution in [0.2, 0.25) is 0 Å². The minimum atomic E-state index is -0.159. The minimum absolute atomic E-state index is 0.159. The molecule has 0 radical (unpaired) electrons. The molecule has 3 saturated heterocycles. The fourth-order valence-electron chi connectivity index (χ4n) is 4.94. The number of nitrogens with zero attached hydrogens (tertiary/aromatic N) is 3. The molecule has 0 aliphatic carbocycles. The number of carbonyl (C=O) groups is 1. The minimum Gasteiger partial charge on any atom is -0.381 e. The zero-order valence-electron chi connectivity index (χ0n) is 15.2. The number of hydrogen-bond acceptors (Lipinski definition) is 4. The normalized spacial score (nSPS) is 31.3. The first-order valence-electron chi connectivity index (χ1n) is 9.66. The van der Waals surface area contributed by atoms with Gasteiger partial charge in [-0.05, 0) is 42.7 Å². The summed E-state index contributed by atoms with van der Waals surface area (Å²) in [4.78, 5) is 22.0. The number of amides is 1. The van der Waals surface area contributed by atoms with Gasteiger partial charge in [-0.25, -0.2) is 0 Å². The Labute approximate surface area is 150 Å². The van der Waals surface area contributed by atoms with E-state index in [9.17, 15) is 4.79 Å². The Morgan fingerprint density at radius 3 is 2.96 bits per heavy atom. The Morgan fingerprint density at radius 2 is 2.20 bits per heavy atom. The molecule has 5 nitrogen and oxygen atoms in total. The van der Waals surface area contributed by atoms with E-state index < -0.39 is 0 Å². The fraction of sp³-hybridized carbons (Fsp3) is 0.700. The summed E-state index contributed by atoms with van der Waals surface area (Å²) in [7, 11) is 0. The van der Waals surface area contributed by atoms with E-state index in [1.807, 2.05) is 17.2 Å². The molecule has 4 heterocycles. The van der Waals surface area contributed by atoms with E-state index in [1.54, 1.807) is 6.20 Å². The molecular formula is C20H29N3O2. The van der Waals surface area contributed by atoms with E-state index in [1.165, 1.54) is 12.8 Å². The molecule has 2 atom stereocenters. The van der Waals surface area contributed by atoms with E-state index in [4.69, 9.17) is 4.74 Å². The van der Waals surface area contributed by atoms with Crippen LogP contribution in [0.1, 0.15) is 31.7 Å². The first kappa shape index (κ1) is 17.0. The molecule has 3 aliphatic rings. The fourth-order valence-corrected chi connectivity index (χ4v) is 4.94. The number of carbonyl (C=O) groups excluding carboxylic acids is 1. The zero-order chi connectivity index (χ0) is 17.3. The predicted molar refractivity (Wildman–Crippen MR) is 95.9 cm³/mol. The van der Waals surface area contributed by atoms with Crippen molar-refractivity contribution in [2.45, 2.75) is 32.7 Å². The van der Waals surface area contributed by atoms with Crippen molar-refractivity contribution in [1.82, 2.24) is 14.8 Å². The Kier molecular flexibility index (Phi) is 4.78. The Bertz CT molecular complexity index is 602. The van der Waals surface area contributed by atoms with Gasteiger partial charge in [0, 0.05) is 58.3 Å². The van der Waals surface area contributed by atoms with Crippen LogP contribution in [-0.4, -0.2) is 60.1 Å². The van der Waals surface area contributed by atoms with Crippen LogP contribution in [0, 0.1) is 17.3 Å². The van der Waals surface area contributed by atoms with Gasteiger partial charge in [-0.3, -0.25) is 9.78 Å². The number of aromatic nitrogens is 1. The van der Waals surface area contributed by atoms with Crippen LogP contribution in [0.3, 0.4) is 0 Å². The molecule has 0 N–H and O–H groups in total. The molecule has 0 unspecified atom stereocenters. The Balaban J connectivity index is 1.40. The van der Waals surface area contributed by atoms with Crippen LogP contribution < -0.4 is 0 Å². The summed E-state index contributed by atoms with van der Waals surface area (Å²) < 4.78 is 5.48. The molecule has 136 valence electrons. The molecule has 0 bridgehead atoms. The predicted octanol–water partition coefficient (Wildman–Crippen LogP) is 2.18. The van der Waals surface area contributed by atoms with Gasteiger partial charge in [-0.15, -0.1) is 0 Å². The van der Waals surface area contributed by atoms with Gasteiger partial charge in [0.05, 0.1) is 5.41 Å². The van der Waals surface area contributed by atoms with Gasteiger partial charge >= 0.3 is 0 Å². The van der Waals surface area contributed by atoms with Gasteiger partial charge in [-0.1, -0.05) is 13.0 Å². The highest BCUT2D eigenvalue weighted by atomic mass is 16.5. The van der Waals surface area contributed by atoms with Crippen LogP contribution >= 0.6 is 0 Å². The maximum Gasteiger partial charge on any atom is 0.230 e. The quantitative estimate of drug-likeness (QED) is 0.841. The SMILES string of the molecule is C[C@H]1CN(CC2CCOCC2)C[C@@]12CCN(Cc1cccnc1)C2=O. The molecule has 3 aliphatic heterocycles. The lowest BCUT2D eigenvalue weighted by Gasteiger charge is -2.29. The van der Waals surface area contributed by atoms with Gasteiger partial charge in [0.15, 0.2) is 0 Å². The van der Waals surface area contributed by atoms with E-state index in [-0.39, 0.29) is 5.41 Å². The second-order valence-corrected chi connectivity index (χ2v) is 8.14. The summed E-state index contributed by atoms with van der Waals surface area (Å²) in [6.45, 7) is 8.77. The number of ether oxygens (including phenoxy) is 1. The molecule has 0 aromatic carbocycles. The maximum atomic E-state index is 13.2. The van der Waals surface area contributed by atoms with Gasteiger partial charge in [-0.2, -0.15) is 0 Å². The van der Waals surface area contributed by atoms with Crippen molar-refractivity contribution >= 4 is 5.91 Å². The molecular weight excluding hydrogens is 314 g/mol. The molecule has 1 amide bonds. The first-order valence-corrected chi connectivity index (χ1v) is 9.66. The first-order chi connectivity index (χ1) is 12.2. The molecule has 1 aromatic heterocycles. The third-order valence-corrected chi connectivity index (χ3v) is 6.48. The highest BCUT2D eigenvalue weighted by Crippen LogP contribution is 2.45. The third kappa shape index (κ3) is 3.32. The molecule has 0 saturated carbocycles. The zero-order valence-corrected chi connectivity index (χ0v) is 15.2. The van der Waals surface area contributed by atoms with Crippen molar-refractivity contribution in [2.75, 3.05) is 39.4 Å². The molecule has 25 heavy (non-hydrogen) atoms. The van der Waals surface area contributed by atoms with Crippen LogP contribution in [0.25, 0.3) is 0 Å². The standard InChI is InChI=1S/C20H29N3O2/c1-16-12-22(13-17-4-9-25-10-5-17)15-20(16)6-8-23(19(20)24)14-18-3-2-7-21-11-18/h2-3,7,11,16-17H,4-6,8-10,12-15H2,1H3/t16-,20-/m0/s1. The third-order valence-electron chi connectivity index (χ3n) is 6.48. The smallest absolute Gasteiger partial charge is 0.230 e. The number of likely N-dealkylation sites (tertiary alicyclic amines) is 2. The van der Waals surface area contributed by atoms with E-state index in [0.29, 0.717) is 18.4 Å². The topological polar surface area (TPSA) is 45.7 Å². The second kappa shape index (κ2) is 7.04. The average molecular weight is 343 g/mol. The summed E-state index contributed by atoms with van der Waals surface area (Å²) in [6, 6.07) is 4.00. The summed E-state index contributed by atoms with van der Waals surface area (Å²) in [6.07, 6.45) is 6.98. The Hall–Kier alpha value is -1.46. The molecule has 1 aromatic rings.